The molecule has 0 bridgehead atoms. The quantitative estimate of drug-likeness (QED) is 0.740. The highest BCUT2D eigenvalue weighted by Crippen LogP contribution is 2.22. The standard InChI is InChI=1S/C16H28N2O3/c1-17(14-6-4-3-5-7-14)15(19)12-18-10-8-13(9-11-18)16(20)21-2/h13-14H,3-12H2,1-2H3. The molecular weight excluding hydrogens is 268 g/mol. The van der Waals surface area contributed by atoms with Crippen molar-refractivity contribution in [1.82, 2.24) is 9.80 Å². The first-order valence-electron chi connectivity index (χ1n) is 8.17. The lowest BCUT2D eigenvalue weighted by Gasteiger charge is -2.35. The molecule has 120 valence electrons. The number of amides is 1. The van der Waals surface area contributed by atoms with Crippen LogP contribution >= 0.6 is 0 Å². The van der Waals surface area contributed by atoms with E-state index in [1.54, 1.807) is 0 Å². The second-order valence-corrected chi connectivity index (χ2v) is 6.37. The number of piperidine rings is 1. The van der Waals surface area contributed by atoms with Gasteiger partial charge in [-0.05, 0) is 38.8 Å². The lowest BCUT2D eigenvalue weighted by molar-refractivity contribution is -0.147. The second-order valence-electron chi connectivity index (χ2n) is 6.37. The number of esters is 1. The van der Waals surface area contributed by atoms with Crippen molar-refractivity contribution in [2.24, 2.45) is 5.92 Å². The van der Waals surface area contributed by atoms with Crippen LogP contribution in [-0.4, -0.2) is 61.5 Å². The van der Waals surface area contributed by atoms with Gasteiger partial charge in [0.2, 0.25) is 5.91 Å². The maximum Gasteiger partial charge on any atom is 0.308 e. The van der Waals surface area contributed by atoms with Crippen LogP contribution in [0.3, 0.4) is 0 Å². The number of rotatable bonds is 4. The van der Waals surface area contributed by atoms with Crippen molar-refractivity contribution in [3.63, 3.8) is 0 Å². The zero-order valence-electron chi connectivity index (χ0n) is 13.3. The summed E-state index contributed by atoms with van der Waals surface area (Å²) in [6.07, 6.45) is 7.68. The van der Waals surface area contributed by atoms with Gasteiger partial charge in [0.15, 0.2) is 0 Å². The molecule has 5 nitrogen and oxygen atoms in total. The van der Waals surface area contributed by atoms with E-state index >= 15 is 0 Å². The summed E-state index contributed by atoms with van der Waals surface area (Å²) in [6, 6.07) is 0.429. The molecule has 0 aromatic rings. The van der Waals surface area contributed by atoms with Crippen LogP contribution in [0, 0.1) is 5.92 Å². The van der Waals surface area contributed by atoms with E-state index < -0.39 is 0 Å². The first-order chi connectivity index (χ1) is 10.1. The Kier molecular flexibility index (Phi) is 6.03. The van der Waals surface area contributed by atoms with Crippen molar-refractivity contribution >= 4 is 11.9 Å². The third-order valence-corrected chi connectivity index (χ3v) is 5.00. The predicted molar refractivity (Wildman–Crippen MR) is 80.8 cm³/mol. The molecule has 0 aromatic carbocycles. The molecule has 2 rings (SSSR count). The molecule has 0 radical (unpaired) electrons. The van der Waals surface area contributed by atoms with Gasteiger partial charge >= 0.3 is 5.97 Å². The Morgan fingerprint density at radius 3 is 2.29 bits per heavy atom. The third-order valence-electron chi connectivity index (χ3n) is 5.00. The van der Waals surface area contributed by atoms with Gasteiger partial charge in [0.25, 0.3) is 0 Å². The van der Waals surface area contributed by atoms with E-state index in [0.717, 1.165) is 38.8 Å². The molecular formula is C16H28N2O3. The highest BCUT2D eigenvalue weighted by Gasteiger charge is 2.28. The molecule has 1 amide bonds. The van der Waals surface area contributed by atoms with Crippen molar-refractivity contribution in [3.8, 4) is 0 Å². The highest BCUT2D eigenvalue weighted by molar-refractivity contribution is 5.78. The minimum atomic E-state index is -0.111. The van der Waals surface area contributed by atoms with Crippen LogP contribution < -0.4 is 0 Å². The average molecular weight is 296 g/mol. The zero-order chi connectivity index (χ0) is 15.2. The van der Waals surface area contributed by atoms with Gasteiger partial charge in [-0.2, -0.15) is 0 Å². The van der Waals surface area contributed by atoms with Crippen molar-refractivity contribution in [1.29, 1.82) is 0 Å². The summed E-state index contributed by atoms with van der Waals surface area (Å²) in [5, 5.41) is 0. The lowest BCUT2D eigenvalue weighted by atomic mass is 9.94. The van der Waals surface area contributed by atoms with Gasteiger partial charge in [-0.1, -0.05) is 19.3 Å². The summed E-state index contributed by atoms with van der Waals surface area (Å²) in [4.78, 5) is 28.0. The van der Waals surface area contributed by atoms with Crippen LogP contribution in [-0.2, 0) is 14.3 Å². The van der Waals surface area contributed by atoms with Gasteiger partial charge in [0.1, 0.15) is 0 Å². The topological polar surface area (TPSA) is 49.9 Å². The number of ether oxygens (including phenoxy) is 1. The minimum Gasteiger partial charge on any atom is -0.469 e. The molecule has 1 saturated carbocycles. The summed E-state index contributed by atoms with van der Waals surface area (Å²) in [6.45, 7) is 2.11. The van der Waals surface area contributed by atoms with Crippen LogP contribution in [0.4, 0.5) is 0 Å². The van der Waals surface area contributed by atoms with Crippen LogP contribution in [0.5, 0.6) is 0 Å². The number of nitrogens with zero attached hydrogens (tertiary/aromatic N) is 2. The van der Waals surface area contributed by atoms with Crippen LogP contribution in [0.2, 0.25) is 0 Å². The highest BCUT2D eigenvalue weighted by atomic mass is 16.5. The Morgan fingerprint density at radius 2 is 1.71 bits per heavy atom. The molecule has 0 aromatic heterocycles. The van der Waals surface area contributed by atoms with E-state index in [9.17, 15) is 9.59 Å². The monoisotopic (exact) mass is 296 g/mol. The number of hydrogen-bond acceptors (Lipinski definition) is 4. The largest absolute Gasteiger partial charge is 0.469 e. The maximum absolute atomic E-state index is 12.4. The number of hydrogen-bond donors (Lipinski definition) is 0. The fourth-order valence-corrected chi connectivity index (χ4v) is 3.47. The van der Waals surface area contributed by atoms with Gasteiger partial charge in [-0.15, -0.1) is 0 Å². The summed E-state index contributed by atoms with van der Waals surface area (Å²) >= 11 is 0. The van der Waals surface area contributed by atoms with Crippen molar-refractivity contribution in [3.05, 3.63) is 0 Å². The Balaban J connectivity index is 1.74. The fourth-order valence-electron chi connectivity index (χ4n) is 3.47. The van der Waals surface area contributed by atoms with E-state index in [2.05, 4.69) is 4.90 Å². The van der Waals surface area contributed by atoms with Crippen molar-refractivity contribution < 1.29 is 14.3 Å². The Bertz CT molecular complexity index is 359. The summed E-state index contributed by atoms with van der Waals surface area (Å²) in [5.74, 6) is 0.121. The van der Waals surface area contributed by atoms with Crippen molar-refractivity contribution in [2.45, 2.75) is 51.0 Å². The number of carbonyl (C=O) groups excluding carboxylic acids is 2. The predicted octanol–water partition coefficient (Wildman–Crippen LogP) is 1.66. The van der Waals surface area contributed by atoms with Gasteiger partial charge in [-0.3, -0.25) is 14.5 Å². The molecule has 21 heavy (non-hydrogen) atoms. The molecule has 1 aliphatic carbocycles. The molecule has 0 atom stereocenters. The van der Waals surface area contributed by atoms with Gasteiger partial charge in [0.05, 0.1) is 19.6 Å². The maximum atomic E-state index is 12.4. The Hall–Kier alpha value is -1.10. The van der Waals surface area contributed by atoms with Gasteiger partial charge in [0, 0.05) is 13.1 Å². The first-order valence-corrected chi connectivity index (χ1v) is 8.17. The van der Waals surface area contributed by atoms with E-state index in [1.165, 1.54) is 26.4 Å². The molecule has 1 aliphatic heterocycles. The summed E-state index contributed by atoms with van der Waals surface area (Å²) in [7, 11) is 3.39. The molecule has 2 aliphatic rings. The molecule has 5 heteroatoms. The lowest BCUT2D eigenvalue weighted by Crippen LogP contribution is -2.46. The number of carbonyl (C=O) groups is 2. The van der Waals surface area contributed by atoms with Crippen LogP contribution in [0.25, 0.3) is 0 Å². The van der Waals surface area contributed by atoms with E-state index in [1.807, 2.05) is 11.9 Å². The SMILES string of the molecule is COC(=O)C1CCN(CC(=O)N(C)C2CCCCC2)CC1. The van der Waals surface area contributed by atoms with Gasteiger partial charge in [-0.25, -0.2) is 0 Å². The number of likely N-dealkylation sites (tertiary alicyclic amines) is 1. The fraction of sp³-hybridized carbons (Fsp3) is 0.875. The minimum absolute atomic E-state index is 0.0115. The molecule has 0 N–H and O–H groups in total. The number of methoxy groups -OCH3 is 1. The smallest absolute Gasteiger partial charge is 0.308 e. The average Bonchev–Trinajstić information content (AvgIpc) is 2.55. The summed E-state index contributed by atoms with van der Waals surface area (Å²) < 4.78 is 4.79. The molecule has 0 spiro atoms. The molecule has 1 saturated heterocycles. The Morgan fingerprint density at radius 1 is 1.10 bits per heavy atom. The van der Waals surface area contributed by atoms with Crippen LogP contribution in [0.1, 0.15) is 44.9 Å². The normalized spacial score (nSPS) is 22.0. The third kappa shape index (κ3) is 4.43. The van der Waals surface area contributed by atoms with Crippen molar-refractivity contribution in [2.75, 3.05) is 33.8 Å². The van der Waals surface area contributed by atoms with E-state index in [-0.39, 0.29) is 17.8 Å². The molecule has 0 unspecified atom stereocenters. The Labute approximate surface area is 127 Å². The van der Waals surface area contributed by atoms with E-state index in [4.69, 9.17) is 4.74 Å². The van der Waals surface area contributed by atoms with Gasteiger partial charge < -0.3 is 9.64 Å². The van der Waals surface area contributed by atoms with E-state index in [0.29, 0.717) is 12.6 Å². The summed E-state index contributed by atoms with van der Waals surface area (Å²) in [5.41, 5.74) is 0. The number of likely N-dealkylation sites (N-methyl/N-ethyl adjacent to an activating group) is 1. The van der Waals surface area contributed by atoms with Crippen LogP contribution in [0.15, 0.2) is 0 Å². The molecule has 1 heterocycles. The molecule has 2 fully saturated rings. The first kappa shape index (κ1) is 16.3. The second kappa shape index (κ2) is 7.78. The zero-order valence-corrected chi connectivity index (χ0v) is 13.3.